The summed E-state index contributed by atoms with van der Waals surface area (Å²) in [5.74, 6) is -1.83. The van der Waals surface area contributed by atoms with Crippen LogP contribution in [0.25, 0.3) is 11.1 Å². The average Bonchev–Trinajstić information content (AvgIpc) is 2.52. The van der Waals surface area contributed by atoms with Gasteiger partial charge < -0.3 is 11.1 Å². The number of benzene rings is 2. The summed E-state index contributed by atoms with van der Waals surface area (Å²) in [5.41, 5.74) is 7.38. The summed E-state index contributed by atoms with van der Waals surface area (Å²) in [6, 6.07) is 7.43. The van der Waals surface area contributed by atoms with Crippen LogP contribution in [0.15, 0.2) is 42.6 Å². The molecule has 0 aliphatic rings. The van der Waals surface area contributed by atoms with Crippen LogP contribution in [0.1, 0.15) is 5.56 Å². The third kappa shape index (κ3) is 3.39. The number of pyridine rings is 1. The summed E-state index contributed by atoms with van der Waals surface area (Å²) >= 11 is 6.15. The van der Waals surface area contributed by atoms with Gasteiger partial charge in [-0.2, -0.15) is 0 Å². The highest BCUT2D eigenvalue weighted by Gasteiger charge is 2.17. The van der Waals surface area contributed by atoms with Gasteiger partial charge in [-0.05, 0) is 42.8 Å². The van der Waals surface area contributed by atoms with Crippen molar-refractivity contribution in [1.82, 2.24) is 4.98 Å². The lowest BCUT2D eigenvalue weighted by atomic mass is 10.0. The Bertz CT molecular complexity index is 937. The van der Waals surface area contributed by atoms with Crippen LogP contribution in [-0.2, 0) is 0 Å². The number of halogens is 4. The molecule has 1 heterocycles. The molecule has 0 aliphatic carbocycles. The number of aryl methyl sites for hydroxylation is 1. The van der Waals surface area contributed by atoms with Crippen molar-refractivity contribution in [2.75, 3.05) is 11.1 Å². The van der Waals surface area contributed by atoms with Crippen molar-refractivity contribution in [3.8, 4) is 11.1 Å². The third-order valence-corrected chi connectivity index (χ3v) is 4.00. The lowest BCUT2D eigenvalue weighted by Crippen LogP contribution is -2.04. The maximum atomic E-state index is 14.1. The van der Waals surface area contributed by atoms with Crippen molar-refractivity contribution in [2.45, 2.75) is 6.92 Å². The monoisotopic (exact) mass is 363 g/mol. The average molecular weight is 364 g/mol. The number of nitrogens with zero attached hydrogens (tertiary/aromatic N) is 1. The zero-order valence-electron chi connectivity index (χ0n) is 13.1. The van der Waals surface area contributed by atoms with Gasteiger partial charge in [-0.3, -0.25) is 0 Å². The smallest absolute Gasteiger partial charge is 0.151 e. The summed E-state index contributed by atoms with van der Waals surface area (Å²) in [6.07, 6.45) is 1.52. The molecule has 3 aromatic rings. The van der Waals surface area contributed by atoms with Crippen LogP contribution in [0.4, 0.5) is 30.4 Å². The minimum atomic E-state index is -0.850. The molecule has 3 nitrogen and oxygen atoms in total. The van der Waals surface area contributed by atoms with Crippen LogP contribution >= 0.6 is 11.6 Å². The molecule has 0 radical (unpaired) electrons. The second-order valence-electron chi connectivity index (χ2n) is 5.45. The van der Waals surface area contributed by atoms with Gasteiger partial charge in [-0.1, -0.05) is 11.6 Å². The number of anilines is 3. The maximum Gasteiger partial charge on any atom is 0.151 e. The highest BCUT2D eigenvalue weighted by atomic mass is 35.5. The quantitative estimate of drug-likeness (QED) is 0.608. The van der Waals surface area contributed by atoms with Gasteiger partial charge in [-0.25, -0.2) is 18.2 Å². The van der Waals surface area contributed by atoms with E-state index in [2.05, 4.69) is 10.3 Å². The summed E-state index contributed by atoms with van der Waals surface area (Å²) in [4.78, 5) is 4.20. The number of nitrogens with two attached hydrogens (primary N) is 1. The molecule has 0 atom stereocenters. The Kier molecular flexibility index (Phi) is 4.55. The van der Waals surface area contributed by atoms with Gasteiger partial charge in [-0.15, -0.1) is 0 Å². The first-order valence-corrected chi connectivity index (χ1v) is 7.67. The SMILES string of the molecule is Cc1ccnc(Nc2c(N)cc(F)cc2F)c1-c1ccc(F)cc1Cl. The van der Waals surface area contributed by atoms with Gasteiger partial charge in [0, 0.05) is 23.4 Å². The Morgan fingerprint density at radius 3 is 2.48 bits per heavy atom. The molecule has 0 unspecified atom stereocenters. The van der Waals surface area contributed by atoms with Crippen molar-refractivity contribution < 1.29 is 13.2 Å². The molecule has 0 amide bonds. The maximum absolute atomic E-state index is 14.1. The van der Waals surface area contributed by atoms with Gasteiger partial charge in [0.25, 0.3) is 0 Å². The van der Waals surface area contributed by atoms with E-state index in [4.69, 9.17) is 17.3 Å². The minimum Gasteiger partial charge on any atom is -0.397 e. The lowest BCUT2D eigenvalue weighted by molar-refractivity contribution is 0.587. The Balaban J connectivity index is 2.14. The second-order valence-corrected chi connectivity index (χ2v) is 5.86. The molecule has 7 heteroatoms. The molecule has 0 saturated carbocycles. The highest BCUT2D eigenvalue weighted by Crippen LogP contribution is 2.37. The van der Waals surface area contributed by atoms with E-state index in [-0.39, 0.29) is 22.2 Å². The lowest BCUT2D eigenvalue weighted by Gasteiger charge is -2.16. The van der Waals surface area contributed by atoms with E-state index < -0.39 is 17.5 Å². The molecule has 3 rings (SSSR count). The van der Waals surface area contributed by atoms with Gasteiger partial charge >= 0.3 is 0 Å². The number of nitrogens with one attached hydrogen (secondary N) is 1. The molecule has 0 bridgehead atoms. The molecule has 128 valence electrons. The standard InChI is InChI=1S/C18H13ClF3N3/c1-9-4-5-24-18(16(9)12-3-2-10(20)6-13(12)19)25-17-14(22)7-11(21)8-15(17)23/h2-8H,23H2,1H3,(H,24,25). The minimum absolute atomic E-state index is 0.0982. The van der Waals surface area contributed by atoms with E-state index in [0.717, 1.165) is 17.7 Å². The molecule has 0 fully saturated rings. The Labute approximate surface area is 147 Å². The molecule has 0 saturated heterocycles. The van der Waals surface area contributed by atoms with Crippen LogP contribution in [-0.4, -0.2) is 4.98 Å². The number of nitrogen functional groups attached to an aromatic ring is 1. The molecular formula is C18H13ClF3N3. The zero-order chi connectivity index (χ0) is 18.1. The van der Waals surface area contributed by atoms with Crippen molar-refractivity contribution in [1.29, 1.82) is 0 Å². The summed E-state index contributed by atoms with van der Waals surface area (Å²) in [7, 11) is 0. The van der Waals surface area contributed by atoms with Crippen molar-refractivity contribution in [2.24, 2.45) is 0 Å². The van der Waals surface area contributed by atoms with Gasteiger partial charge in [0.2, 0.25) is 0 Å². The molecule has 0 aliphatic heterocycles. The number of hydrogen-bond donors (Lipinski definition) is 2. The Morgan fingerprint density at radius 2 is 1.80 bits per heavy atom. The van der Waals surface area contributed by atoms with Crippen LogP contribution in [0.2, 0.25) is 5.02 Å². The summed E-state index contributed by atoms with van der Waals surface area (Å²) in [6.45, 7) is 1.81. The van der Waals surface area contributed by atoms with E-state index in [1.165, 1.54) is 24.4 Å². The molecule has 3 N–H and O–H groups in total. The molecule has 1 aromatic heterocycles. The molecular weight excluding hydrogens is 351 g/mol. The van der Waals surface area contributed by atoms with Crippen molar-refractivity contribution in [3.63, 3.8) is 0 Å². The fourth-order valence-corrected chi connectivity index (χ4v) is 2.79. The van der Waals surface area contributed by atoms with Gasteiger partial charge in [0.05, 0.1) is 16.4 Å². The fourth-order valence-electron chi connectivity index (χ4n) is 2.53. The molecule has 0 spiro atoms. The summed E-state index contributed by atoms with van der Waals surface area (Å²) < 4.78 is 40.6. The zero-order valence-corrected chi connectivity index (χ0v) is 13.8. The van der Waals surface area contributed by atoms with Gasteiger partial charge in [0.1, 0.15) is 17.5 Å². The second kappa shape index (κ2) is 6.64. The summed E-state index contributed by atoms with van der Waals surface area (Å²) in [5, 5.41) is 2.97. The number of rotatable bonds is 3. The van der Waals surface area contributed by atoms with Crippen LogP contribution in [0.5, 0.6) is 0 Å². The predicted octanol–water partition coefficient (Wildman–Crippen LogP) is 5.45. The number of hydrogen-bond acceptors (Lipinski definition) is 3. The largest absolute Gasteiger partial charge is 0.397 e. The highest BCUT2D eigenvalue weighted by molar-refractivity contribution is 6.33. The van der Waals surface area contributed by atoms with E-state index in [1.54, 1.807) is 6.07 Å². The first-order chi connectivity index (χ1) is 11.9. The van der Waals surface area contributed by atoms with E-state index >= 15 is 0 Å². The van der Waals surface area contributed by atoms with E-state index in [9.17, 15) is 13.2 Å². The normalized spacial score (nSPS) is 10.8. The van der Waals surface area contributed by atoms with Gasteiger partial charge in [0.15, 0.2) is 5.82 Å². The topological polar surface area (TPSA) is 50.9 Å². The third-order valence-electron chi connectivity index (χ3n) is 3.69. The molecule has 2 aromatic carbocycles. The molecule has 25 heavy (non-hydrogen) atoms. The van der Waals surface area contributed by atoms with Crippen molar-refractivity contribution in [3.05, 3.63) is 70.6 Å². The van der Waals surface area contributed by atoms with Crippen LogP contribution in [0, 0.1) is 24.4 Å². The van der Waals surface area contributed by atoms with Crippen LogP contribution in [0.3, 0.4) is 0 Å². The first kappa shape index (κ1) is 17.1. The van der Waals surface area contributed by atoms with Crippen LogP contribution < -0.4 is 11.1 Å². The number of aromatic nitrogens is 1. The van der Waals surface area contributed by atoms with Crippen molar-refractivity contribution >= 4 is 28.8 Å². The van der Waals surface area contributed by atoms with E-state index in [1.807, 2.05) is 6.92 Å². The van der Waals surface area contributed by atoms with E-state index in [0.29, 0.717) is 11.1 Å². The Morgan fingerprint density at radius 1 is 1.04 bits per heavy atom. The fraction of sp³-hybridized carbons (Fsp3) is 0.0556. The Hall–Kier alpha value is -2.73. The predicted molar refractivity (Wildman–Crippen MR) is 93.4 cm³/mol. The first-order valence-electron chi connectivity index (χ1n) is 7.29.